The summed E-state index contributed by atoms with van der Waals surface area (Å²) >= 11 is 7.22. The maximum absolute atomic E-state index is 13.0. The zero-order valence-electron chi connectivity index (χ0n) is 16.8. The molecule has 0 radical (unpaired) electrons. The third-order valence-electron chi connectivity index (χ3n) is 4.47. The molecule has 0 saturated carbocycles. The number of nitrogens with zero attached hydrogens (tertiary/aromatic N) is 3. The van der Waals surface area contributed by atoms with Gasteiger partial charge in [-0.2, -0.15) is 0 Å². The highest BCUT2D eigenvalue weighted by molar-refractivity contribution is 7.99. The molecule has 0 saturated heterocycles. The van der Waals surface area contributed by atoms with Gasteiger partial charge >= 0.3 is 0 Å². The van der Waals surface area contributed by atoms with Crippen LogP contribution in [0, 0.1) is 5.82 Å². The van der Waals surface area contributed by atoms with Crippen molar-refractivity contribution in [2.45, 2.75) is 11.7 Å². The molecular weight excluding hydrogens is 449 g/mol. The molecule has 0 aliphatic carbocycles. The topological polar surface area (TPSA) is 71.8 Å². The Morgan fingerprint density at radius 3 is 2.34 bits per heavy atom. The predicted molar refractivity (Wildman–Crippen MR) is 126 cm³/mol. The highest BCUT2D eigenvalue weighted by Crippen LogP contribution is 2.23. The molecule has 0 bridgehead atoms. The van der Waals surface area contributed by atoms with E-state index in [1.54, 1.807) is 0 Å². The maximum atomic E-state index is 13.0. The lowest BCUT2D eigenvalue weighted by atomic mass is 10.3. The largest absolute Gasteiger partial charge is 0.378 e. The number of anilines is 2. The van der Waals surface area contributed by atoms with E-state index in [9.17, 15) is 9.18 Å². The summed E-state index contributed by atoms with van der Waals surface area (Å²) < 4.78 is 15.0. The quantitative estimate of drug-likeness (QED) is 0.339. The van der Waals surface area contributed by atoms with Gasteiger partial charge in [0.15, 0.2) is 11.0 Å². The Bertz CT molecular complexity index is 1180. The number of nitrogens with one attached hydrogen (secondary N) is 2. The summed E-state index contributed by atoms with van der Waals surface area (Å²) in [6.45, 7) is 0.436. The number of benzene rings is 3. The fourth-order valence-electron chi connectivity index (χ4n) is 2.95. The second-order valence-electron chi connectivity index (χ2n) is 6.77. The van der Waals surface area contributed by atoms with E-state index in [-0.39, 0.29) is 17.5 Å². The van der Waals surface area contributed by atoms with Crippen LogP contribution < -0.4 is 10.6 Å². The molecule has 4 rings (SSSR count). The van der Waals surface area contributed by atoms with Crippen molar-refractivity contribution in [2.24, 2.45) is 0 Å². The molecular formula is C23H19ClFN5OS. The zero-order chi connectivity index (χ0) is 22.3. The molecule has 6 nitrogen and oxygen atoms in total. The molecule has 0 aliphatic rings. The lowest BCUT2D eigenvalue weighted by Gasteiger charge is -2.11. The van der Waals surface area contributed by atoms with Crippen molar-refractivity contribution in [1.29, 1.82) is 0 Å². The molecule has 3 aromatic carbocycles. The second-order valence-corrected chi connectivity index (χ2v) is 8.15. The van der Waals surface area contributed by atoms with Gasteiger partial charge in [-0.3, -0.25) is 9.36 Å². The Balaban J connectivity index is 1.48. The van der Waals surface area contributed by atoms with Crippen LogP contribution in [0.5, 0.6) is 0 Å². The van der Waals surface area contributed by atoms with E-state index < -0.39 is 0 Å². The minimum absolute atomic E-state index is 0.132. The molecule has 0 atom stereocenters. The SMILES string of the molecule is O=C(CSc1nnc(CNc2ccc(Cl)cc2)n1-c1ccccc1)Nc1ccc(F)cc1. The number of para-hydroxylation sites is 1. The van der Waals surface area contributed by atoms with Gasteiger partial charge in [0, 0.05) is 22.1 Å². The van der Waals surface area contributed by atoms with Crippen molar-refractivity contribution in [2.75, 3.05) is 16.4 Å². The van der Waals surface area contributed by atoms with Crippen molar-refractivity contribution < 1.29 is 9.18 Å². The summed E-state index contributed by atoms with van der Waals surface area (Å²) in [7, 11) is 0. The highest BCUT2D eigenvalue weighted by atomic mass is 35.5. The molecule has 0 aliphatic heterocycles. The first-order chi connectivity index (χ1) is 15.6. The van der Waals surface area contributed by atoms with E-state index in [1.807, 2.05) is 59.2 Å². The van der Waals surface area contributed by atoms with Crippen LogP contribution in [-0.4, -0.2) is 26.4 Å². The molecule has 162 valence electrons. The van der Waals surface area contributed by atoms with Crippen LogP contribution in [0.2, 0.25) is 5.02 Å². The first kappa shape index (κ1) is 21.9. The van der Waals surface area contributed by atoms with Crippen molar-refractivity contribution in [3.8, 4) is 5.69 Å². The maximum Gasteiger partial charge on any atom is 0.234 e. The standard InChI is InChI=1S/C23H19ClFN5OS/c24-16-6-10-18(11-7-16)26-14-21-28-29-23(30(21)20-4-2-1-3-5-20)32-15-22(31)27-19-12-8-17(25)9-13-19/h1-13,26H,14-15H2,(H,27,31). The van der Waals surface area contributed by atoms with Crippen molar-refractivity contribution >= 4 is 40.6 Å². The molecule has 32 heavy (non-hydrogen) atoms. The summed E-state index contributed by atoms with van der Waals surface area (Å²) in [6.07, 6.45) is 0. The van der Waals surface area contributed by atoms with E-state index in [2.05, 4.69) is 20.8 Å². The number of aromatic nitrogens is 3. The fourth-order valence-corrected chi connectivity index (χ4v) is 3.85. The lowest BCUT2D eigenvalue weighted by molar-refractivity contribution is -0.113. The van der Waals surface area contributed by atoms with Crippen LogP contribution >= 0.6 is 23.4 Å². The zero-order valence-corrected chi connectivity index (χ0v) is 18.4. The van der Waals surface area contributed by atoms with Gasteiger partial charge in [-0.05, 0) is 60.7 Å². The van der Waals surface area contributed by atoms with Crippen LogP contribution in [-0.2, 0) is 11.3 Å². The Kier molecular flexibility index (Phi) is 7.03. The minimum atomic E-state index is -0.354. The number of hydrogen-bond acceptors (Lipinski definition) is 5. The summed E-state index contributed by atoms with van der Waals surface area (Å²) in [5, 5.41) is 15.9. The molecule has 0 fully saturated rings. The van der Waals surface area contributed by atoms with Crippen molar-refractivity contribution in [1.82, 2.24) is 14.8 Å². The number of hydrogen-bond donors (Lipinski definition) is 2. The molecule has 2 N–H and O–H groups in total. The first-order valence-electron chi connectivity index (χ1n) is 9.76. The monoisotopic (exact) mass is 467 g/mol. The molecule has 0 unspecified atom stereocenters. The summed E-state index contributed by atoms with van der Waals surface area (Å²) in [4.78, 5) is 12.4. The molecule has 4 aromatic rings. The number of carbonyl (C=O) groups excluding carboxylic acids is 1. The van der Waals surface area contributed by atoms with E-state index in [0.29, 0.717) is 28.2 Å². The lowest BCUT2D eigenvalue weighted by Crippen LogP contribution is -2.15. The summed E-state index contributed by atoms with van der Waals surface area (Å²) in [5.74, 6) is 0.262. The third-order valence-corrected chi connectivity index (χ3v) is 5.65. The van der Waals surface area contributed by atoms with Crippen LogP contribution in [0.15, 0.2) is 84.0 Å². The summed E-state index contributed by atoms with van der Waals surface area (Å²) in [5.41, 5.74) is 2.34. The molecule has 1 amide bonds. The van der Waals surface area contributed by atoms with Crippen LogP contribution in [0.25, 0.3) is 5.69 Å². The Morgan fingerprint density at radius 2 is 1.62 bits per heavy atom. The van der Waals surface area contributed by atoms with Gasteiger partial charge in [0.05, 0.1) is 12.3 Å². The number of halogens is 2. The third kappa shape index (κ3) is 5.66. The molecule has 9 heteroatoms. The molecule has 0 spiro atoms. The van der Waals surface area contributed by atoms with Gasteiger partial charge in [-0.25, -0.2) is 4.39 Å². The Morgan fingerprint density at radius 1 is 0.938 bits per heavy atom. The van der Waals surface area contributed by atoms with Crippen LogP contribution in [0.1, 0.15) is 5.82 Å². The van der Waals surface area contributed by atoms with Gasteiger partial charge in [-0.1, -0.05) is 41.6 Å². The van der Waals surface area contributed by atoms with E-state index in [1.165, 1.54) is 36.0 Å². The van der Waals surface area contributed by atoms with Crippen molar-refractivity contribution in [3.63, 3.8) is 0 Å². The normalized spacial score (nSPS) is 10.7. The van der Waals surface area contributed by atoms with E-state index in [0.717, 1.165) is 11.4 Å². The van der Waals surface area contributed by atoms with Crippen LogP contribution in [0.4, 0.5) is 15.8 Å². The van der Waals surface area contributed by atoms with Gasteiger partial charge in [0.1, 0.15) is 5.82 Å². The fraction of sp³-hybridized carbons (Fsp3) is 0.0870. The van der Waals surface area contributed by atoms with E-state index in [4.69, 9.17) is 11.6 Å². The Labute approximate surface area is 193 Å². The molecule has 1 heterocycles. The second kappa shape index (κ2) is 10.3. The number of rotatable bonds is 8. The van der Waals surface area contributed by atoms with Gasteiger partial charge in [0.25, 0.3) is 0 Å². The van der Waals surface area contributed by atoms with E-state index >= 15 is 0 Å². The summed E-state index contributed by atoms with van der Waals surface area (Å²) in [6, 6.07) is 22.8. The average molecular weight is 468 g/mol. The smallest absolute Gasteiger partial charge is 0.234 e. The highest BCUT2D eigenvalue weighted by Gasteiger charge is 2.16. The Hall–Kier alpha value is -3.36. The van der Waals surface area contributed by atoms with Crippen molar-refractivity contribution in [3.05, 3.63) is 95.5 Å². The number of thioether (sulfide) groups is 1. The van der Waals surface area contributed by atoms with Gasteiger partial charge in [0.2, 0.25) is 5.91 Å². The average Bonchev–Trinajstić information content (AvgIpc) is 3.22. The van der Waals surface area contributed by atoms with Gasteiger partial charge < -0.3 is 10.6 Å². The number of amides is 1. The first-order valence-corrected chi connectivity index (χ1v) is 11.1. The predicted octanol–water partition coefficient (Wildman–Crippen LogP) is 5.40. The van der Waals surface area contributed by atoms with Crippen LogP contribution in [0.3, 0.4) is 0 Å². The molecule has 1 aromatic heterocycles. The van der Waals surface area contributed by atoms with Gasteiger partial charge in [-0.15, -0.1) is 10.2 Å². The number of carbonyl (C=O) groups is 1. The minimum Gasteiger partial charge on any atom is -0.378 e.